The molecule has 0 bridgehead atoms. The van der Waals surface area contributed by atoms with Crippen LogP contribution in [0.2, 0.25) is 0 Å². The maximum atomic E-state index is 11.9. The molecule has 0 saturated carbocycles. The lowest BCUT2D eigenvalue weighted by molar-refractivity contribution is 1.47. The second-order valence-electron chi connectivity index (χ2n) is 4.17. The Kier molecular flexibility index (Phi) is 2.80. The van der Waals surface area contributed by atoms with Crippen LogP contribution < -0.4 is 5.43 Å². The van der Waals surface area contributed by atoms with Crippen molar-refractivity contribution in [2.45, 2.75) is 4.90 Å². The molecule has 3 aromatic rings. The lowest BCUT2D eigenvalue weighted by atomic mass is 10.1. The Labute approximate surface area is 110 Å². The minimum absolute atomic E-state index is 0.179. The molecule has 0 aromatic heterocycles. The highest BCUT2D eigenvalue weighted by Crippen LogP contribution is 2.34. The van der Waals surface area contributed by atoms with Crippen molar-refractivity contribution in [3.8, 4) is 22.3 Å². The van der Waals surface area contributed by atoms with E-state index in [1.165, 1.54) is 4.90 Å². The summed E-state index contributed by atoms with van der Waals surface area (Å²) in [5.41, 5.74) is 3.96. The van der Waals surface area contributed by atoms with Gasteiger partial charge in [-0.15, -0.1) is 11.8 Å². The van der Waals surface area contributed by atoms with E-state index in [4.69, 9.17) is 0 Å². The van der Waals surface area contributed by atoms with Crippen LogP contribution >= 0.6 is 11.8 Å². The third-order valence-corrected chi connectivity index (χ3v) is 3.83. The van der Waals surface area contributed by atoms with E-state index in [9.17, 15) is 4.79 Å². The van der Waals surface area contributed by atoms with E-state index >= 15 is 0 Å². The molecule has 88 valence electrons. The molecular weight excluding hydrogens is 240 g/mol. The Bertz CT molecular complexity index is 674. The van der Waals surface area contributed by atoms with Crippen LogP contribution in [0.15, 0.2) is 64.3 Å². The van der Waals surface area contributed by atoms with Gasteiger partial charge in [-0.3, -0.25) is 4.79 Å². The van der Waals surface area contributed by atoms with Crippen LogP contribution in [0, 0.1) is 0 Å². The predicted octanol–water partition coefficient (Wildman–Crippen LogP) is 3.98. The van der Waals surface area contributed by atoms with Gasteiger partial charge in [0.05, 0.1) is 0 Å². The van der Waals surface area contributed by atoms with Gasteiger partial charge in [-0.05, 0) is 29.5 Å². The third kappa shape index (κ3) is 1.89. The fraction of sp³-hybridized carbons (Fsp3) is 0.0625. The summed E-state index contributed by atoms with van der Waals surface area (Å²) < 4.78 is 0. The summed E-state index contributed by atoms with van der Waals surface area (Å²) in [7, 11) is 0. The van der Waals surface area contributed by atoms with Gasteiger partial charge < -0.3 is 0 Å². The number of hydrogen-bond acceptors (Lipinski definition) is 2. The summed E-state index contributed by atoms with van der Waals surface area (Å²) in [5.74, 6) is 0. The Morgan fingerprint density at radius 3 is 1.89 bits per heavy atom. The molecule has 0 aliphatic heterocycles. The highest BCUT2D eigenvalue weighted by molar-refractivity contribution is 7.98. The van der Waals surface area contributed by atoms with Gasteiger partial charge in [0.25, 0.3) is 0 Å². The maximum absolute atomic E-state index is 11.9. The molecule has 0 heterocycles. The lowest BCUT2D eigenvalue weighted by Crippen LogP contribution is -1.78. The summed E-state index contributed by atoms with van der Waals surface area (Å²) in [6, 6.07) is 18.0. The van der Waals surface area contributed by atoms with Crippen molar-refractivity contribution in [3.63, 3.8) is 0 Å². The van der Waals surface area contributed by atoms with Gasteiger partial charge in [0, 0.05) is 16.0 Å². The van der Waals surface area contributed by atoms with Crippen molar-refractivity contribution in [3.05, 3.63) is 64.8 Å². The van der Waals surface area contributed by atoms with E-state index in [1.54, 1.807) is 11.8 Å². The first-order valence-corrected chi connectivity index (χ1v) is 7.02. The topological polar surface area (TPSA) is 17.1 Å². The summed E-state index contributed by atoms with van der Waals surface area (Å²) in [6.07, 6.45) is 2.05. The predicted molar refractivity (Wildman–Crippen MR) is 77.7 cm³/mol. The molecule has 0 spiro atoms. The van der Waals surface area contributed by atoms with Gasteiger partial charge in [-0.2, -0.15) is 0 Å². The second kappa shape index (κ2) is 4.46. The third-order valence-electron chi connectivity index (χ3n) is 3.08. The van der Waals surface area contributed by atoms with Gasteiger partial charge in [-0.25, -0.2) is 0 Å². The zero-order chi connectivity index (χ0) is 12.5. The van der Waals surface area contributed by atoms with Gasteiger partial charge in [0.15, 0.2) is 5.43 Å². The Hall–Kier alpha value is -1.80. The first-order chi connectivity index (χ1) is 8.81. The molecule has 0 N–H and O–H groups in total. The minimum atomic E-state index is 0.179. The molecule has 1 nitrogen and oxygen atoms in total. The fourth-order valence-electron chi connectivity index (χ4n) is 2.08. The van der Waals surface area contributed by atoms with Gasteiger partial charge in [0.1, 0.15) is 0 Å². The molecule has 0 fully saturated rings. The first kappa shape index (κ1) is 11.3. The lowest BCUT2D eigenvalue weighted by Gasteiger charge is -1.97. The van der Waals surface area contributed by atoms with Crippen molar-refractivity contribution < 1.29 is 0 Å². The van der Waals surface area contributed by atoms with Crippen molar-refractivity contribution >= 4 is 11.8 Å². The molecule has 0 atom stereocenters. The molecule has 0 saturated heterocycles. The minimum Gasteiger partial charge on any atom is -0.289 e. The number of rotatable bonds is 3. The summed E-state index contributed by atoms with van der Waals surface area (Å²) in [6.45, 7) is 0. The molecule has 0 amide bonds. The average Bonchev–Trinajstić information content (AvgIpc) is 3.11. The molecule has 3 rings (SSSR count). The zero-order valence-corrected chi connectivity index (χ0v) is 10.8. The quantitative estimate of drug-likeness (QED) is 0.656. The van der Waals surface area contributed by atoms with Crippen molar-refractivity contribution in [1.82, 2.24) is 0 Å². The van der Waals surface area contributed by atoms with E-state index in [2.05, 4.69) is 12.1 Å². The van der Waals surface area contributed by atoms with Gasteiger partial charge in [0.2, 0.25) is 0 Å². The van der Waals surface area contributed by atoms with E-state index in [0.29, 0.717) is 0 Å². The molecule has 18 heavy (non-hydrogen) atoms. The van der Waals surface area contributed by atoms with Crippen molar-refractivity contribution in [2.75, 3.05) is 6.26 Å². The van der Waals surface area contributed by atoms with Gasteiger partial charge >= 0.3 is 0 Å². The van der Waals surface area contributed by atoms with Crippen LogP contribution in [0.3, 0.4) is 0 Å². The number of thioether (sulfide) groups is 1. The average molecular weight is 252 g/mol. The van der Waals surface area contributed by atoms with Crippen LogP contribution in [0.5, 0.6) is 0 Å². The fourth-order valence-corrected chi connectivity index (χ4v) is 2.49. The standard InChI is InChI=1S/C16H12OS/c1-18-13-9-7-12(8-10-13)15-14(16(15)17)11-5-3-2-4-6-11/h2-10H,1H3. The van der Waals surface area contributed by atoms with Crippen LogP contribution in [0.4, 0.5) is 0 Å². The number of benzene rings is 2. The monoisotopic (exact) mass is 252 g/mol. The largest absolute Gasteiger partial charge is 0.289 e. The van der Waals surface area contributed by atoms with Crippen molar-refractivity contribution in [1.29, 1.82) is 0 Å². The molecule has 0 unspecified atom stereocenters. The maximum Gasteiger partial charge on any atom is 0.195 e. The first-order valence-electron chi connectivity index (χ1n) is 5.80. The highest BCUT2D eigenvalue weighted by atomic mass is 32.2. The molecule has 0 radical (unpaired) electrons. The van der Waals surface area contributed by atoms with Crippen LogP contribution in [-0.2, 0) is 0 Å². The van der Waals surface area contributed by atoms with Crippen LogP contribution in [-0.4, -0.2) is 6.26 Å². The molecular formula is C16H12OS. The van der Waals surface area contributed by atoms with Crippen LogP contribution in [0.1, 0.15) is 0 Å². The zero-order valence-electron chi connectivity index (χ0n) is 10.0. The Balaban J connectivity index is 1.97. The van der Waals surface area contributed by atoms with Crippen molar-refractivity contribution in [2.24, 2.45) is 0 Å². The summed E-state index contributed by atoms with van der Waals surface area (Å²) in [5, 5.41) is 0. The smallest absolute Gasteiger partial charge is 0.195 e. The normalized spacial score (nSPS) is 10.9. The number of hydrogen-bond donors (Lipinski definition) is 0. The van der Waals surface area contributed by atoms with E-state index in [-0.39, 0.29) is 5.43 Å². The Morgan fingerprint density at radius 1 is 0.778 bits per heavy atom. The second-order valence-corrected chi connectivity index (χ2v) is 5.05. The van der Waals surface area contributed by atoms with Gasteiger partial charge in [-0.1, -0.05) is 42.5 Å². The molecule has 0 aliphatic rings. The molecule has 3 aromatic carbocycles. The highest BCUT2D eigenvalue weighted by Gasteiger charge is 2.24. The molecule has 2 heteroatoms. The summed E-state index contributed by atoms with van der Waals surface area (Å²) >= 11 is 1.71. The SMILES string of the molecule is CSc1ccc(-c2c(-c3ccccc3)c2=O)cc1. The summed E-state index contributed by atoms with van der Waals surface area (Å²) in [4.78, 5) is 13.1. The Morgan fingerprint density at radius 2 is 1.33 bits per heavy atom. The van der Waals surface area contributed by atoms with E-state index in [1.807, 2.05) is 48.7 Å². The van der Waals surface area contributed by atoms with Crippen LogP contribution in [0.25, 0.3) is 22.3 Å². The van der Waals surface area contributed by atoms with E-state index < -0.39 is 0 Å². The van der Waals surface area contributed by atoms with E-state index in [0.717, 1.165) is 22.3 Å². The molecule has 0 aliphatic carbocycles.